The van der Waals surface area contributed by atoms with Crippen LogP contribution in [0.25, 0.3) is 0 Å². The van der Waals surface area contributed by atoms with E-state index < -0.39 is 21.5 Å². The summed E-state index contributed by atoms with van der Waals surface area (Å²) in [5.74, 6) is -0.886. The first-order valence-corrected chi connectivity index (χ1v) is 9.82. The van der Waals surface area contributed by atoms with Crippen molar-refractivity contribution in [3.8, 4) is 0 Å². The minimum atomic E-state index is -2.94. The molecule has 2 aromatic rings. The average molecular weight is 360 g/mol. The molecule has 1 unspecified atom stereocenters. The largest absolute Gasteiger partial charge is 0.416 e. The van der Waals surface area contributed by atoms with Crippen molar-refractivity contribution in [1.82, 2.24) is 10.2 Å². The Balaban J connectivity index is 1.58. The van der Waals surface area contributed by atoms with Gasteiger partial charge >= 0.3 is 0 Å². The van der Waals surface area contributed by atoms with Crippen LogP contribution in [0.5, 0.6) is 0 Å². The van der Waals surface area contributed by atoms with E-state index in [1.807, 2.05) is 0 Å². The molecule has 1 aliphatic heterocycles. The third kappa shape index (κ3) is 4.08. The molecule has 1 aromatic heterocycles. The molecule has 9 heteroatoms. The molecule has 124 valence electrons. The predicted octanol–water partition coefficient (Wildman–Crippen LogP) is 2.62. The highest BCUT2D eigenvalue weighted by molar-refractivity contribution is 7.98. The van der Waals surface area contributed by atoms with Gasteiger partial charge < -0.3 is 4.42 Å². The Morgan fingerprint density at radius 3 is 2.87 bits per heavy atom. The van der Waals surface area contributed by atoms with Crippen molar-refractivity contribution < 1.29 is 21.6 Å². The number of sulfone groups is 1. The van der Waals surface area contributed by atoms with E-state index in [1.54, 1.807) is 0 Å². The molecular weight excluding hydrogens is 346 g/mol. The van der Waals surface area contributed by atoms with Gasteiger partial charge in [-0.25, -0.2) is 17.2 Å². The molecule has 1 aliphatic rings. The van der Waals surface area contributed by atoms with Crippen LogP contribution in [-0.2, 0) is 22.0 Å². The van der Waals surface area contributed by atoms with Gasteiger partial charge in [-0.2, -0.15) is 0 Å². The van der Waals surface area contributed by atoms with Gasteiger partial charge in [0, 0.05) is 17.7 Å². The second-order valence-electron chi connectivity index (χ2n) is 5.44. The Hall–Kier alpha value is -1.48. The summed E-state index contributed by atoms with van der Waals surface area (Å²) >= 11 is 1.11. The molecule has 0 N–H and O–H groups in total. The molecule has 0 amide bonds. The van der Waals surface area contributed by atoms with E-state index in [0.29, 0.717) is 18.7 Å². The zero-order valence-corrected chi connectivity index (χ0v) is 13.7. The quantitative estimate of drug-likeness (QED) is 0.763. The molecule has 0 saturated carbocycles. The van der Waals surface area contributed by atoms with Crippen molar-refractivity contribution >= 4 is 21.6 Å². The van der Waals surface area contributed by atoms with Crippen LogP contribution in [0.15, 0.2) is 27.8 Å². The van der Waals surface area contributed by atoms with Gasteiger partial charge in [-0.15, -0.1) is 10.2 Å². The molecule has 23 heavy (non-hydrogen) atoms. The molecule has 0 bridgehead atoms. The average Bonchev–Trinajstić information content (AvgIpc) is 3.07. The second-order valence-corrected chi connectivity index (χ2v) is 8.59. The summed E-state index contributed by atoms with van der Waals surface area (Å²) in [6.45, 7) is 0. The molecule has 0 aliphatic carbocycles. The summed E-state index contributed by atoms with van der Waals surface area (Å²) in [6.07, 6.45) is 1.02. The molecule has 1 atom stereocenters. The van der Waals surface area contributed by atoms with Crippen molar-refractivity contribution in [3.05, 3.63) is 41.3 Å². The van der Waals surface area contributed by atoms with Gasteiger partial charge in [0.25, 0.3) is 5.22 Å². The van der Waals surface area contributed by atoms with Gasteiger partial charge in [0.15, 0.2) is 21.5 Å². The monoisotopic (exact) mass is 360 g/mol. The number of hydrogen-bond acceptors (Lipinski definition) is 6. The SMILES string of the molecule is O=S1(=O)CCC(Cc2nnc(SCc3cccc(F)c3F)o2)C1. The molecule has 1 saturated heterocycles. The molecule has 0 radical (unpaired) electrons. The number of aromatic nitrogens is 2. The fourth-order valence-corrected chi connectivity index (χ4v) is 5.08. The number of halogens is 2. The van der Waals surface area contributed by atoms with Gasteiger partial charge in [0.05, 0.1) is 11.5 Å². The van der Waals surface area contributed by atoms with Crippen LogP contribution < -0.4 is 0 Å². The first-order chi connectivity index (χ1) is 10.9. The number of thioether (sulfide) groups is 1. The number of rotatable bonds is 5. The third-order valence-corrected chi connectivity index (χ3v) is 6.33. The second kappa shape index (κ2) is 6.56. The van der Waals surface area contributed by atoms with Crippen LogP contribution in [0, 0.1) is 17.6 Å². The molecule has 5 nitrogen and oxygen atoms in total. The van der Waals surface area contributed by atoms with E-state index in [1.165, 1.54) is 12.1 Å². The minimum absolute atomic E-state index is 0.000960. The maximum atomic E-state index is 13.5. The zero-order valence-electron chi connectivity index (χ0n) is 12.0. The predicted molar refractivity (Wildman–Crippen MR) is 80.7 cm³/mol. The lowest BCUT2D eigenvalue weighted by molar-refractivity contribution is 0.389. The Morgan fingerprint density at radius 2 is 2.13 bits per heavy atom. The molecule has 3 rings (SSSR count). The van der Waals surface area contributed by atoms with Gasteiger partial charge in [0.1, 0.15) is 0 Å². The fraction of sp³-hybridized carbons (Fsp3) is 0.429. The van der Waals surface area contributed by atoms with Gasteiger partial charge in [-0.3, -0.25) is 0 Å². The summed E-state index contributed by atoms with van der Waals surface area (Å²) < 4.78 is 54.9. The first-order valence-electron chi connectivity index (χ1n) is 7.01. The lowest BCUT2D eigenvalue weighted by Gasteiger charge is -2.02. The Labute approximate surface area is 136 Å². The summed E-state index contributed by atoms with van der Waals surface area (Å²) in [7, 11) is -2.94. The maximum absolute atomic E-state index is 13.5. The van der Waals surface area contributed by atoms with Crippen molar-refractivity contribution in [3.63, 3.8) is 0 Å². The third-order valence-electron chi connectivity index (χ3n) is 3.62. The van der Waals surface area contributed by atoms with E-state index in [2.05, 4.69) is 10.2 Å². The number of benzene rings is 1. The summed E-state index contributed by atoms with van der Waals surface area (Å²) in [5.41, 5.74) is 0.219. The Morgan fingerprint density at radius 1 is 1.30 bits per heavy atom. The van der Waals surface area contributed by atoms with Crippen LogP contribution >= 0.6 is 11.8 Å². The van der Waals surface area contributed by atoms with E-state index in [-0.39, 0.29) is 34.0 Å². The standard InChI is InChI=1S/C14H14F2N2O3S2/c15-11-3-1-2-10(13(11)16)7-22-14-18-17-12(21-14)6-9-4-5-23(19,20)8-9/h1-3,9H,4-8H2. The Kier molecular flexibility index (Phi) is 4.67. The minimum Gasteiger partial charge on any atom is -0.416 e. The summed E-state index contributed by atoms with van der Waals surface area (Å²) in [5, 5.41) is 7.98. The highest BCUT2D eigenvalue weighted by atomic mass is 32.2. The molecular formula is C14H14F2N2O3S2. The van der Waals surface area contributed by atoms with Crippen molar-refractivity contribution in [2.24, 2.45) is 5.92 Å². The van der Waals surface area contributed by atoms with Crippen LogP contribution in [0.2, 0.25) is 0 Å². The Bertz CT molecular complexity index is 808. The molecule has 1 fully saturated rings. The smallest absolute Gasteiger partial charge is 0.276 e. The molecule has 2 heterocycles. The lowest BCUT2D eigenvalue weighted by atomic mass is 10.1. The van der Waals surface area contributed by atoms with E-state index in [0.717, 1.165) is 17.8 Å². The molecule has 1 aromatic carbocycles. The van der Waals surface area contributed by atoms with E-state index in [9.17, 15) is 17.2 Å². The number of nitrogens with zero attached hydrogens (tertiary/aromatic N) is 2. The first kappa shape index (κ1) is 16.4. The summed E-state index contributed by atoms with van der Waals surface area (Å²) in [6, 6.07) is 3.99. The van der Waals surface area contributed by atoms with Crippen LogP contribution in [0.1, 0.15) is 17.9 Å². The van der Waals surface area contributed by atoms with E-state index >= 15 is 0 Å². The normalized spacial score (nSPS) is 20.0. The van der Waals surface area contributed by atoms with Gasteiger partial charge in [-0.1, -0.05) is 23.9 Å². The van der Waals surface area contributed by atoms with Gasteiger partial charge in [0.2, 0.25) is 5.89 Å². The van der Waals surface area contributed by atoms with E-state index in [4.69, 9.17) is 4.42 Å². The molecule has 0 spiro atoms. The lowest BCUT2D eigenvalue weighted by Crippen LogP contribution is -2.07. The van der Waals surface area contributed by atoms with Crippen molar-refractivity contribution in [1.29, 1.82) is 0 Å². The highest BCUT2D eigenvalue weighted by Crippen LogP contribution is 2.26. The topological polar surface area (TPSA) is 73.1 Å². The van der Waals surface area contributed by atoms with Crippen LogP contribution in [0.4, 0.5) is 8.78 Å². The number of hydrogen-bond donors (Lipinski definition) is 0. The summed E-state index contributed by atoms with van der Waals surface area (Å²) in [4.78, 5) is 0. The van der Waals surface area contributed by atoms with Crippen molar-refractivity contribution in [2.45, 2.75) is 23.8 Å². The zero-order chi connectivity index (χ0) is 16.4. The van der Waals surface area contributed by atoms with Crippen LogP contribution in [0.3, 0.4) is 0 Å². The highest BCUT2D eigenvalue weighted by Gasteiger charge is 2.29. The maximum Gasteiger partial charge on any atom is 0.276 e. The fourth-order valence-electron chi connectivity index (χ4n) is 2.46. The van der Waals surface area contributed by atoms with Crippen molar-refractivity contribution in [2.75, 3.05) is 11.5 Å². The van der Waals surface area contributed by atoms with Gasteiger partial charge in [-0.05, 0) is 18.4 Å². The van der Waals surface area contributed by atoms with Crippen LogP contribution in [-0.4, -0.2) is 30.1 Å².